The quantitative estimate of drug-likeness (QED) is 0.715. The number of allylic oxidation sites excluding steroid dienone is 2. The van der Waals surface area contributed by atoms with Gasteiger partial charge in [-0.25, -0.2) is 4.39 Å². The van der Waals surface area contributed by atoms with Gasteiger partial charge in [-0.1, -0.05) is 32.6 Å². The molecule has 0 bridgehead atoms. The van der Waals surface area contributed by atoms with Crippen LogP contribution in [0.3, 0.4) is 0 Å². The highest BCUT2D eigenvalue weighted by atomic mass is 19.1. The smallest absolute Gasteiger partial charge is 0.128 e. The molecule has 0 aliphatic rings. The Morgan fingerprint density at radius 1 is 1.41 bits per heavy atom. The van der Waals surface area contributed by atoms with Gasteiger partial charge in [-0.15, -0.1) is 0 Å². The largest absolute Gasteiger partial charge is 0.322 e. The van der Waals surface area contributed by atoms with Gasteiger partial charge in [0.15, 0.2) is 0 Å². The normalized spacial score (nSPS) is 10.8. The molecule has 0 heterocycles. The molecule has 0 N–H and O–H groups in total. The van der Waals surface area contributed by atoms with Crippen molar-refractivity contribution in [3.8, 4) is 0 Å². The predicted octanol–water partition coefficient (Wildman–Crippen LogP) is 4.65. The first-order chi connectivity index (χ1) is 8.13. The number of nitrogens with zero attached hydrogens (tertiary/aromatic N) is 1. The summed E-state index contributed by atoms with van der Waals surface area (Å²) in [6.45, 7) is 9.92. The molecule has 0 saturated heterocycles. The number of hydrogen-bond acceptors (Lipinski definition) is 1. The maximum atomic E-state index is 13.7. The van der Waals surface area contributed by atoms with Gasteiger partial charge in [0.25, 0.3) is 0 Å². The Balaban J connectivity index is 3.11. The summed E-state index contributed by atoms with van der Waals surface area (Å²) < 4.78 is 13.7. The first-order valence-electron chi connectivity index (χ1n) is 6.02. The fourth-order valence-electron chi connectivity index (χ4n) is 1.67. The Labute approximate surface area is 103 Å². The van der Waals surface area contributed by atoms with Crippen LogP contribution in [0.25, 0.3) is 0 Å². The van der Waals surface area contributed by atoms with Gasteiger partial charge in [0, 0.05) is 17.6 Å². The third-order valence-electron chi connectivity index (χ3n) is 2.74. The molecule has 0 atom stereocenters. The number of aryl methyl sites for hydroxylation is 1. The predicted molar refractivity (Wildman–Crippen MR) is 72.5 cm³/mol. The SMILES string of the molecule is C=C(CC)N(/C=C\C)c1ccc(CC)c(F)c1. The zero-order valence-electron chi connectivity index (χ0n) is 10.8. The monoisotopic (exact) mass is 233 g/mol. The average Bonchev–Trinajstić information content (AvgIpc) is 2.35. The molecule has 1 nitrogen and oxygen atoms in total. The zero-order valence-corrected chi connectivity index (χ0v) is 10.8. The molecule has 0 unspecified atom stereocenters. The number of anilines is 1. The molecule has 0 aliphatic heterocycles. The van der Waals surface area contributed by atoms with Crippen molar-refractivity contribution in [2.24, 2.45) is 0 Å². The van der Waals surface area contributed by atoms with E-state index >= 15 is 0 Å². The lowest BCUT2D eigenvalue weighted by molar-refractivity contribution is 0.612. The van der Waals surface area contributed by atoms with Crippen LogP contribution in [0.2, 0.25) is 0 Å². The number of benzene rings is 1. The molecule has 0 radical (unpaired) electrons. The summed E-state index contributed by atoms with van der Waals surface area (Å²) in [6, 6.07) is 5.34. The molecule has 17 heavy (non-hydrogen) atoms. The molecule has 1 rings (SSSR count). The first-order valence-corrected chi connectivity index (χ1v) is 6.02. The second-order valence-corrected chi connectivity index (χ2v) is 3.90. The van der Waals surface area contributed by atoms with Crippen molar-refractivity contribution < 1.29 is 4.39 Å². The van der Waals surface area contributed by atoms with Gasteiger partial charge >= 0.3 is 0 Å². The number of halogens is 1. The molecule has 0 spiro atoms. The molecular weight excluding hydrogens is 213 g/mol. The molecule has 1 aromatic carbocycles. The summed E-state index contributed by atoms with van der Waals surface area (Å²) in [5, 5.41) is 0. The van der Waals surface area contributed by atoms with Gasteiger partial charge in [0.05, 0.1) is 0 Å². The summed E-state index contributed by atoms with van der Waals surface area (Å²) in [5.41, 5.74) is 2.52. The summed E-state index contributed by atoms with van der Waals surface area (Å²) in [6.07, 6.45) is 5.38. The van der Waals surface area contributed by atoms with Crippen molar-refractivity contribution in [3.05, 3.63) is 54.1 Å². The summed E-state index contributed by atoms with van der Waals surface area (Å²) in [4.78, 5) is 1.92. The molecule has 2 heteroatoms. The van der Waals surface area contributed by atoms with Gasteiger partial charge < -0.3 is 4.90 Å². The Bertz CT molecular complexity index is 421. The molecule has 0 aromatic heterocycles. The maximum Gasteiger partial charge on any atom is 0.128 e. The van der Waals surface area contributed by atoms with E-state index in [1.807, 2.05) is 50.1 Å². The van der Waals surface area contributed by atoms with Gasteiger partial charge in [-0.05, 0) is 37.5 Å². The van der Waals surface area contributed by atoms with Gasteiger partial charge in [0.2, 0.25) is 0 Å². The van der Waals surface area contributed by atoms with Crippen molar-refractivity contribution in [1.82, 2.24) is 0 Å². The average molecular weight is 233 g/mol. The van der Waals surface area contributed by atoms with E-state index in [-0.39, 0.29) is 5.82 Å². The van der Waals surface area contributed by atoms with E-state index in [0.29, 0.717) is 6.42 Å². The second kappa shape index (κ2) is 6.24. The molecule has 1 aromatic rings. The van der Waals surface area contributed by atoms with Gasteiger partial charge in [-0.2, -0.15) is 0 Å². The van der Waals surface area contributed by atoms with Crippen LogP contribution in [-0.2, 0) is 6.42 Å². The van der Waals surface area contributed by atoms with Crippen molar-refractivity contribution in [2.75, 3.05) is 4.90 Å². The minimum absolute atomic E-state index is 0.150. The molecule has 0 saturated carbocycles. The third-order valence-corrected chi connectivity index (χ3v) is 2.74. The van der Waals surface area contributed by atoms with Crippen LogP contribution in [0.1, 0.15) is 32.8 Å². The lowest BCUT2D eigenvalue weighted by atomic mass is 10.1. The van der Waals surface area contributed by atoms with E-state index < -0.39 is 0 Å². The topological polar surface area (TPSA) is 3.24 Å². The highest BCUT2D eigenvalue weighted by Gasteiger charge is 2.08. The van der Waals surface area contributed by atoms with Crippen LogP contribution >= 0.6 is 0 Å². The van der Waals surface area contributed by atoms with E-state index in [4.69, 9.17) is 0 Å². The maximum absolute atomic E-state index is 13.7. The van der Waals surface area contributed by atoms with E-state index in [2.05, 4.69) is 6.58 Å². The van der Waals surface area contributed by atoms with E-state index in [9.17, 15) is 4.39 Å². The Kier molecular flexibility index (Phi) is 4.95. The Morgan fingerprint density at radius 3 is 2.59 bits per heavy atom. The lowest BCUT2D eigenvalue weighted by Gasteiger charge is -2.22. The molecule has 0 amide bonds. The van der Waals surface area contributed by atoms with Crippen LogP contribution in [0, 0.1) is 5.82 Å². The van der Waals surface area contributed by atoms with Crippen molar-refractivity contribution in [3.63, 3.8) is 0 Å². The van der Waals surface area contributed by atoms with Crippen LogP contribution in [0.15, 0.2) is 42.8 Å². The number of hydrogen-bond donors (Lipinski definition) is 0. The summed E-state index contributed by atoms with van der Waals surface area (Å²) in [5.74, 6) is -0.150. The molecule has 0 fully saturated rings. The Morgan fingerprint density at radius 2 is 2.12 bits per heavy atom. The molecular formula is C15H20FN. The van der Waals surface area contributed by atoms with Crippen molar-refractivity contribution in [1.29, 1.82) is 0 Å². The third kappa shape index (κ3) is 3.19. The lowest BCUT2D eigenvalue weighted by Crippen LogP contribution is -2.14. The van der Waals surface area contributed by atoms with Gasteiger partial charge in [-0.3, -0.25) is 0 Å². The van der Waals surface area contributed by atoms with Crippen LogP contribution in [0.5, 0.6) is 0 Å². The zero-order chi connectivity index (χ0) is 12.8. The number of rotatable bonds is 5. The van der Waals surface area contributed by atoms with E-state index in [0.717, 1.165) is 23.4 Å². The molecule has 0 aliphatic carbocycles. The standard InChI is InChI=1S/C15H20FN/c1-5-10-17(12(4)6-2)14-9-8-13(7-3)15(16)11-14/h5,8-11H,4,6-7H2,1-3H3/b10-5-. The fourth-order valence-corrected chi connectivity index (χ4v) is 1.67. The van der Waals surface area contributed by atoms with E-state index in [1.165, 1.54) is 0 Å². The van der Waals surface area contributed by atoms with E-state index in [1.54, 1.807) is 6.07 Å². The highest BCUT2D eigenvalue weighted by Crippen LogP contribution is 2.23. The van der Waals surface area contributed by atoms with Crippen molar-refractivity contribution >= 4 is 5.69 Å². The van der Waals surface area contributed by atoms with Crippen LogP contribution < -0.4 is 4.90 Å². The van der Waals surface area contributed by atoms with Crippen molar-refractivity contribution in [2.45, 2.75) is 33.6 Å². The first kappa shape index (κ1) is 13.5. The minimum Gasteiger partial charge on any atom is -0.322 e. The summed E-state index contributed by atoms with van der Waals surface area (Å²) in [7, 11) is 0. The minimum atomic E-state index is -0.150. The molecule has 92 valence electrons. The second-order valence-electron chi connectivity index (χ2n) is 3.90. The highest BCUT2D eigenvalue weighted by molar-refractivity contribution is 5.55. The fraction of sp³-hybridized carbons (Fsp3) is 0.333. The summed E-state index contributed by atoms with van der Waals surface area (Å²) >= 11 is 0. The Hall–Kier alpha value is -1.57. The van der Waals surface area contributed by atoms with Crippen LogP contribution in [0.4, 0.5) is 10.1 Å². The van der Waals surface area contributed by atoms with Gasteiger partial charge in [0.1, 0.15) is 5.82 Å². The van der Waals surface area contributed by atoms with Crippen LogP contribution in [-0.4, -0.2) is 0 Å².